The molecule has 8 nitrogen and oxygen atoms in total. The average Bonchev–Trinajstić information content (AvgIpc) is 2.87. The topological polar surface area (TPSA) is 77.3 Å². The first-order valence-corrected chi connectivity index (χ1v) is 10.9. The van der Waals surface area contributed by atoms with Crippen LogP contribution in [0.4, 0.5) is 0 Å². The van der Waals surface area contributed by atoms with Crippen LogP contribution < -0.4 is 0 Å². The lowest BCUT2D eigenvalue weighted by Crippen LogP contribution is -2.57. The first kappa shape index (κ1) is 19.8. The molecule has 2 aliphatic rings. The summed E-state index contributed by atoms with van der Waals surface area (Å²) in [6.45, 7) is 7.45. The van der Waals surface area contributed by atoms with Gasteiger partial charge in [0.1, 0.15) is 11.5 Å². The van der Waals surface area contributed by atoms with Gasteiger partial charge in [0.2, 0.25) is 0 Å². The van der Waals surface area contributed by atoms with Crippen LogP contribution in [0.15, 0.2) is 8.89 Å². The predicted molar refractivity (Wildman–Crippen MR) is 101 cm³/mol. The third-order valence-electron chi connectivity index (χ3n) is 5.04. The molecule has 1 aromatic heterocycles. The highest BCUT2D eigenvalue weighted by Gasteiger charge is 2.35. The summed E-state index contributed by atoms with van der Waals surface area (Å²) in [5.74, 6) is 1.12. The molecule has 3 heterocycles. The number of nitrogens with zero attached hydrogens (tertiary/aromatic N) is 4. The third-order valence-corrected chi connectivity index (χ3v) is 8.03. The summed E-state index contributed by atoms with van der Waals surface area (Å²) in [7, 11) is -1.47. The summed E-state index contributed by atoms with van der Waals surface area (Å²) in [6, 6.07) is 0. The van der Waals surface area contributed by atoms with Crippen molar-refractivity contribution in [3.05, 3.63) is 21.6 Å². The van der Waals surface area contributed by atoms with Gasteiger partial charge in [-0.25, -0.2) is 0 Å². The number of halogens is 1. The summed E-state index contributed by atoms with van der Waals surface area (Å²) < 4.78 is 34.8. The van der Waals surface area contributed by atoms with Crippen molar-refractivity contribution < 1.29 is 17.6 Å². The van der Waals surface area contributed by atoms with Crippen LogP contribution in [0.25, 0.3) is 0 Å². The molecule has 2 aliphatic heterocycles. The van der Waals surface area contributed by atoms with Crippen LogP contribution >= 0.6 is 15.9 Å². The van der Waals surface area contributed by atoms with Crippen LogP contribution in [0.5, 0.6) is 0 Å². The predicted octanol–water partition coefficient (Wildman–Crippen LogP) is 0.909. The van der Waals surface area contributed by atoms with Gasteiger partial charge in [0.05, 0.1) is 10.0 Å². The molecule has 1 amide bonds. The molecule has 0 N–H and O–H groups in total. The highest BCUT2D eigenvalue weighted by molar-refractivity contribution is 9.10. The minimum Gasteiger partial charge on any atom is -0.465 e. The smallest absolute Gasteiger partial charge is 0.282 e. The average molecular weight is 449 g/mol. The quantitative estimate of drug-likeness (QED) is 0.686. The molecule has 0 unspecified atom stereocenters. The van der Waals surface area contributed by atoms with Crippen LogP contribution in [-0.2, 0) is 10.2 Å². The third kappa shape index (κ3) is 3.70. The minimum atomic E-state index is -3.46. The normalized spacial score (nSPS) is 21.3. The molecule has 0 radical (unpaired) electrons. The number of furan rings is 1. The molecule has 1 aromatic rings. The van der Waals surface area contributed by atoms with Crippen molar-refractivity contribution in [1.29, 1.82) is 0 Å². The lowest BCUT2D eigenvalue weighted by Gasteiger charge is -2.39. The van der Waals surface area contributed by atoms with Crippen LogP contribution in [0, 0.1) is 13.8 Å². The Morgan fingerprint density at radius 1 is 0.923 bits per heavy atom. The van der Waals surface area contributed by atoms with Crippen LogP contribution in [0.1, 0.15) is 21.9 Å². The van der Waals surface area contributed by atoms with E-state index in [1.54, 1.807) is 23.1 Å². The summed E-state index contributed by atoms with van der Waals surface area (Å²) in [5.41, 5.74) is 0.526. The Kier molecular flexibility index (Phi) is 5.78. The second kappa shape index (κ2) is 7.59. The van der Waals surface area contributed by atoms with Crippen molar-refractivity contribution in [1.82, 2.24) is 18.4 Å². The maximum Gasteiger partial charge on any atom is 0.282 e. The van der Waals surface area contributed by atoms with E-state index in [1.165, 1.54) is 4.31 Å². The molecule has 10 heteroatoms. The molecule has 3 rings (SSSR count). The highest BCUT2D eigenvalue weighted by atomic mass is 79.9. The Morgan fingerprint density at radius 3 is 1.88 bits per heavy atom. The zero-order valence-corrected chi connectivity index (χ0v) is 17.8. The summed E-state index contributed by atoms with van der Waals surface area (Å²) >= 11 is 3.41. The number of aryl methyl sites for hydroxylation is 2. The molecule has 26 heavy (non-hydrogen) atoms. The van der Waals surface area contributed by atoms with Gasteiger partial charge in [-0.05, 0) is 36.8 Å². The molecule has 0 aliphatic carbocycles. The summed E-state index contributed by atoms with van der Waals surface area (Å²) in [6.07, 6.45) is 0. The summed E-state index contributed by atoms with van der Waals surface area (Å²) in [4.78, 5) is 16.6. The SMILES string of the molecule is Cc1oc(C)c(C(=O)N2CCN(S(=O)(=O)N3CCN(C)CC3)CC2)c1Br. The largest absolute Gasteiger partial charge is 0.465 e. The lowest BCUT2D eigenvalue weighted by molar-refractivity contribution is 0.0689. The molecule has 0 spiro atoms. The van der Waals surface area contributed by atoms with Crippen LogP contribution in [0.2, 0.25) is 0 Å². The molecular weight excluding hydrogens is 424 g/mol. The lowest BCUT2D eigenvalue weighted by atomic mass is 10.2. The molecule has 146 valence electrons. The molecule has 0 atom stereocenters. The fourth-order valence-corrected chi connectivity index (χ4v) is 5.47. The number of likely N-dealkylation sites (N-methyl/N-ethyl adjacent to an activating group) is 1. The Balaban J connectivity index is 1.64. The number of hydrogen-bond acceptors (Lipinski definition) is 5. The zero-order valence-electron chi connectivity index (χ0n) is 15.4. The van der Waals surface area contributed by atoms with E-state index in [9.17, 15) is 13.2 Å². The number of piperazine rings is 2. The van der Waals surface area contributed by atoms with Gasteiger partial charge in [-0.15, -0.1) is 0 Å². The second-order valence-corrected chi connectivity index (χ2v) is 9.53. The minimum absolute atomic E-state index is 0.122. The molecule has 0 saturated carbocycles. The maximum absolute atomic E-state index is 12.8. The van der Waals surface area contributed by atoms with Crippen molar-refractivity contribution in [2.45, 2.75) is 13.8 Å². The molecule has 0 aromatic carbocycles. The summed E-state index contributed by atoms with van der Waals surface area (Å²) in [5, 5.41) is 0. The van der Waals surface area contributed by atoms with Gasteiger partial charge < -0.3 is 14.2 Å². The fourth-order valence-electron chi connectivity index (χ4n) is 3.36. The van der Waals surface area contributed by atoms with E-state index in [1.807, 2.05) is 7.05 Å². The van der Waals surface area contributed by atoms with Gasteiger partial charge in [-0.3, -0.25) is 4.79 Å². The van der Waals surface area contributed by atoms with Crippen molar-refractivity contribution >= 4 is 32.0 Å². The Bertz CT molecular complexity index is 778. The molecule has 2 fully saturated rings. The number of carbonyl (C=O) groups excluding carboxylic acids is 1. The monoisotopic (exact) mass is 448 g/mol. The van der Waals surface area contributed by atoms with Gasteiger partial charge in [-0.1, -0.05) is 0 Å². The number of rotatable bonds is 3. The fraction of sp³-hybridized carbons (Fsp3) is 0.688. The van der Waals surface area contributed by atoms with E-state index >= 15 is 0 Å². The van der Waals surface area contributed by atoms with Gasteiger partial charge in [-0.2, -0.15) is 17.0 Å². The second-order valence-electron chi connectivity index (χ2n) is 6.80. The van der Waals surface area contributed by atoms with E-state index in [4.69, 9.17) is 4.42 Å². The van der Waals surface area contributed by atoms with E-state index in [0.717, 1.165) is 13.1 Å². The molecule has 0 bridgehead atoms. The first-order valence-electron chi connectivity index (χ1n) is 8.70. The Labute approximate surface area is 163 Å². The Hall–Kier alpha value is -0.940. The Morgan fingerprint density at radius 2 is 1.42 bits per heavy atom. The van der Waals surface area contributed by atoms with Gasteiger partial charge in [0.25, 0.3) is 16.1 Å². The first-order chi connectivity index (χ1) is 12.2. The van der Waals surface area contributed by atoms with Crippen molar-refractivity contribution in [2.24, 2.45) is 0 Å². The molecular formula is C16H25BrN4O4S. The zero-order chi connectivity index (χ0) is 19.1. The molecule has 2 saturated heterocycles. The van der Waals surface area contributed by atoms with Crippen molar-refractivity contribution in [2.75, 3.05) is 59.4 Å². The number of hydrogen-bond donors (Lipinski definition) is 0. The van der Waals surface area contributed by atoms with E-state index < -0.39 is 10.2 Å². The number of carbonyl (C=O) groups is 1. The van der Waals surface area contributed by atoms with Crippen molar-refractivity contribution in [3.63, 3.8) is 0 Å². The van der Waals surface area contributed by atoms with E-state index in [-0.39, 0.29) is 5.91 Å². The standard InChI is InChI=1S/C16H25BrN4O4S/c1-12-14(15(17)13(2)25-12)16(22)19-6-10-21(11-7-19)26(23,24)20-8-4-18(3)5-9-20/h4-11H2,1-3H3. The van der Waals surface area contributed by atoms with Gasteiger partial charge in [0, 0.05) is 52.4 Å². The van der Waals surface area contributed by atoms with E-state index in [0.29, 0.717) is 60.8 Å². The van der Waals surface area contributed by atoms with Gasteiger partial charge >= 0.3 is 0 Å². The van der Waals surface area contributed by atoms with Crippen LogP contribution in [0.3, 0.4) is 0 Å². The van der Waals surface area contributed by atoms with Crippen molar-refractivity contribution in [3.8, 4) is 0 Å². The van der Waals surface area contributed by atoms with E-state index in [2.05, 4.69) is 20.8 Å². The number of amides is 1. The highest BCUT2D eigenvalue weighted by Crippen LogP contribution is 2.29. The van der Waals surface area contributed by atoms with Crippen LogP contribution in [-0.4, -0.2) is 92.1 Å². The maximum atomic E-state index is 12.8. The van der Waals surface area contributed by atoms with Gasteiger partial charge in [0.15, 0.2) is 0 Å².